The van der Waals surface area contributed by atoms with E-state index in [0.29, 0.717) is 18.4 Å². The highest BCUT2D eigenvalue weighted by Crippen LogP contribution is 2.25. The molecule has 0 aliphatic rings. The van der Waals surface area contributed by atoms with Crippen molar-refractivity contribution < 1.29 is 8.78 Å². The van der Waals surface area contributed by atoms with Crippen molar-refractivity contribution in [1.82, 2.24) is 4.90 Å². The highest BCUT2D eigenvalue weighted by Gasteiger charge is 2.21. The average molecular weight is 298 g/mol. The molecule has 0 radical (unpaired) electrons. The van der Waals surface area contributed by atoms with Crippen molar-refractivity contribution in [2.24, 2.45) is 17.6 Å². The summed E-state index contributed by atoms with van der Waals surface area (Å²) in [6.45, 7) is 11.1. The number of hydrogen-bond donors (Lipinski definition) is 1. The largest absolute Gasteiger partial charge is 0.329 e. The van der Waals surface area contributed by atoms with E-state index in [1.165, 1.54) is 12.1 Å². The zero-order valence-corrected chi connectivity index (χ0v) is 13.5. The molecule has 0 aliphatic heterocycles. The minimum absolute atomic E-state index is 0.0637. The molecule has 0 spiro atoms. The first-order chi connectivity index (χ1) is 9.85. The van der Waals surface area contributed by atoms with Crippen molar-refractivity contribution in [2.45, 2.75) is 40.2 Å². The van der Waals surface area contributed by atoms with E-state index < -0.39 is 6.43 Å². The maximum Gasteiger partial charge on any atom is 0.263 e. The first kappa shape index (κ1) is 18.1. The van der Waals surface area contributed by atoms with Gasteiger partial charge in [0.1, 0.15) is 0 Å². The molecule has 1 rings (SSSR count). The fraction of sp³-hybridized carbons (Fsp3) is 0.647. The van der Waals surface area contributed by atoms with Gasteiger partial charge in [-0.05, 0) is 17.4 Å². The second-order valence-electron chi connectivity index (χ2n) is 6.46. The van der Waals surface area contributed by atoms with Gasteiger partial charge in [0.2, 0.25) is 0 Å². The molecule has 1 atom stereocenters. The lowest BCUT2D eigenvalue weighted by Crippen LogP contribution is -2.38. The van der Waals surface area contributed by atoms with E-state index in [9.17, 15) is 8.78 Å². The van der Waals surface area contributed by atoms with Gasteiger partial charge in [-0.25, -0.2) is 8.78 Å². The fourth-order valence-electron chi connectivity index (χ4n) is 2.63. The SMILES string of the molecule is CC(C)CN(CC(C)C)C(CN)c1ccc(C(F)F)cc1. The zero-order chi connectivity index (χ0) is 16.0. The lowest BCUT2D eigenvalue weighted by atomic mass is 10.0. The average Bonchev–Trinajstić information content (AvgIpc) is 2.38. The predicted molar refractivity (Wildman–Crippen MR) is 84.4 cm³/mol. The standard InChI is InChI=1S/C17H28F2N2/c1-12(2)10-21(11-13(3)4)16(9-20)14-5-7-15(8-6-14)17(18)19/h5-8,12-13,16-17H,9-11,20H2,1-4H3. The summed E-state index contributed by atoms with van der Waals surface area (Å²) in [5.41, 5.74) is 7.05. The molecule has 0 aromatic heterocycles. The monoisotopic (exact) mass is 298 g/mol. The molecule has 1 unspecified atom stereocenters. The van der Waals surface area contributed by atoms with Gasteiger partial charge in [-0.1, -0.05) is 52.0 Å². The lowest BCUT2D eigenvalue weighted by molar-refractivity contribution is 0.150. The highest BCUT2D eigenvalue weighted by atomic mass is 19.3. The Kier molecular flexibility index (Phi) is 7.26. The van der Waals surface area contributed by atoms with Gasteiger partial charge >= 0.3 is 0 Å². The molecule has 0 aliphatic carbocycles. The summed E-state index contributed by atoms with van der Waals surface area (Å²) in [5, 5.41) is 0. The van der Waals surface area contributed by atoms with Gasteiger partial charge in [0.25, 0.3) is 6.43 Å². The van der Waals surface area contributed by atoms with Gasteiger partial charge in [0.05, 0.1) is 0 Å². The third-order valence-electron chi connectivity index (χ3n) is 3.44. The van der Waals surface area contributed by atoms with Crippen LogP contribution in [0.4, 0.5) is 8.78 Å². The van der Waals surface area contributed by atoms with Crippen molar-refractivity contribution >= 4 is 0 Å². The minimum atomic E-state index is -2.42. The van der Waals surface area contributed by atoms with Crippen molar-refractivity contribution in [3.05, 3.63) is 35.4 Å². The summed E-state index contributed by atoms with van der Waals surface area (Å²) >= 11 is 0. The fourth-order valence-corrected chi connectivity index (χ4v) is 2.63. The number of nitrogens with zero attached hydrogens (tertiary/aromatic N) is 1. The van der Waals surface area contributed by atoms with Crippen molar-refractivity contribution in [1.29, 1.82) is 0 Å². The van der Waals surface area contributed by atoms with Crippen LogP contribution < -0.4 is 5.73 Å². The van der Waals surface area contributed by atoms with Crippen LogP contribution in [-0.4, -0.2) is 24.5 Å². The van der Waals surface area contributed by atoms with Crippen LogP contribution in [0.15, 0.2) is 24.3 Å². The third kappa shape index (κ3) is 5.71. The van der Waals surface area contributed by atoms with Crippen LogP contribution in [0.5, 0.6) is 0 Å². The normalized spacial score (nSPS) is 13.7. The van der Waals surface area contributed by atoms with Gasteiger partial charge < -0.3 is 5.73 Å². The molecule has 4 heteroatoms. The van der Waals surface area contributed by atoms with Gasteiger partial charge in [-0.2, -0.15) is 0 Å². The number of nitrogens with two attached hydrogens (primary N) is 1. The van der Waals surface area contributed by atoms with Crippen LogP contribution >= 0.6 is 0 Å². The van der Waals surface area contributed by atoms with Crippen molar-refractivity contribution in [3.8, 4) is 0 Å². The van der Waals surface area contributed by atoms with Crippen LogP contribution in [0.3, 0.4) is 0 Å². The van der Waals surface area contributed by atoms with E-state index in [1.54, 1.807) is 12.1 Å². The van der Waals surface area contributed by atoms with Gasteiger partial charge in [0, 0.05) is 31.2 Å². The maximum atomic E-state index is 12.6. The number of hydrogen-bond acceptors (Lipinski definition) is 2. The Bertz CT molecular complexity index is 392. The van der Waals surface area contributed by atoms with Crippen LogP contribution in [0.25, 0.3) is 0 Å². The lowest BCUT2D eigenvalue weighted by Gasteiger charge is -2.34. The molecule has 0 fully saturated rings. The molecule has 0 heterocycles. The van der Waals surface area contributed by atoms with Crippen LogP contribution in [0.1, 0.15) is 51.3 Å². The van der Waals surface area contributed by atoms with E-state index in [2.05, 4.69) is 32.6 Å². The highest BCUT2D eigenvalue weighted by molar-refractivity contribution is 5.26. The molecule has 21 heavy (non-hydrogen) atoms. The van der Waals surface area contributed by atoms with Gasteiger partial charge in [-0.3, -0.25) is 4.90 Å². The minimum Gasteiger partial charge on any atom is -0.329 e. The molecule has 120 valence electrons. The summed E-state index contributed by atoms with van der Waals surface area (Å²) < 4.78 is 25.3. The van der Waals surface area contributed by atoms with Crippen LogP contribution in [0.2, 0.25) is 0 Å². The van der Waals surface area contributed by atoms with E-state index in [0.717, 1.165) is 18.7 Å². The topological polar surface area (TPSA) is 29.3 Å². The molecule has 0 bridgehead atoms. The number of rotatable bonds is 8. The molecule has 0 amide bonds. The van der Waals surface area contributed by atoms with E-state index in [1.807, 2.05) is 0 Å². The Morgan fingerprint density at radius 3 is 1.67 bits per heavy atom. The summed E-state index contributed by atoms with van der Waals surface area (Å²) in [7, 11) is 0. The van der Waals surface area contributed by atoms with Crippen molar-refractivity contribution in [2.75, 3.05) is 19.6 Å². The molecule has 0 saturated heterocycles. The van der Waals surface area contributed by atoms with E-state index >= 15 is 0 Å². The Hall–Kier alpha value is -1.00. The number of halogens is 2. The van der Waals surface area contributed by atoms with E-state index in [-0.39, 0.29) is 11.6 Å². The number of benzene rings is 1. The summed E-state index contributed by atoms with van der Waals surface area (Å²) in [5.74, 6) is 1.08. The predicted octanol–water partition coefficient (Wildman–Crippen LogP) is 4.24. The molecule has 1 aromatic rings. The van der Waals surface area contributed by atoms with E-state index in [4.69, 9.17) is 5.73 Å². The molecule has 2 nitrogen and oxygen atoms in total. The molecular weight excluding hydrogens is 270 g/mol. The molecule has 0 saturated carbocycles. The zero-order valence-electron chi connectivity index (χ0n) is 13.5. The number of alkyl halides is 2. The molecule has 1 aromatic carbocycles. The molecular formula is C17H28F2N2. The summed E-state index contributed by atoms with van der Waals surface area (Å²) in [6, 6.07) is 6.66. The first-order valence-electron chi connectivity index (χ1n) is 7.67. The second-order valence-corrected chi connectivity index (χ2v) is 6.46. The first-order valence-corrected chi connectivity index (χ1v) is 7.67. The smallest absolute Gasteiger partial charge is 0.263 e. The summed E-state index contributed by atoms with van der Waals surface area (Å²) in [6.07, 6.45) is -2.42. The second kappa shape index (κ2) is 8.44. The Balaban J connectivity index is 2.95. The van der Waals surface area contributed by atoms with Gasteiger partial charge in [-0.15, -0.1) is 0 Å². The van der Waals surface area contributed by atoms with Crippen LogP contribution in [0, 0.1) is 11.8 Å². The Labute approximate surface area is 127 Å². The van der Waals surface area contributed by atoms with Crippen LogP contribution in [-0.2, 0) is 0 Å². The van der Waals surface area contributed by atoms with Gasteiger partial charge in [0.15, 0.2) is 0 Å². The summed E-state index contributed by atoms with van der Waals surface area (Å²) in [4.78, 5) is 2.37. The maximum absolute atomic E-state index is 12.6. The quantitative estimate of drug-likeness (QED) is 0.778. The third-order valence-corrected chi connectivity index (χ3v) is 3.44. The Morgan fingerprint density at radius 1 is 0.905 bits per heavy atom. The Morgan fingerprint density at radius 2 is 1.33 bits per heavy atom. The van der Waals surface area contributed by atoms with Crippen molar-refractivity contribution in [3.63, 3.8) is 0 Å². The molecule has 2 N–H and O–H groups in total.